The number of nitrogens with one attached hydrogen (secondary N) is 2. The quantitative estimate of drug-likeness (QED) is 0.882. The zero-order valence-electron chi connectivity index (χ0n) is 10.2. The smallest absolute Gasteiger partial charge is 0.269 e. The molecule has 1 heterocycles. The van der Waals surface area contributed by atoms with Gasteiger partial charge in [-0.1, -0.05) is 16.6 Å². The summed E-state index contributed by atoms with van der Waals surface area (Å²) in [5, 5.41) is 9.74. The average Bonchev–Trinajstić information content (AvgIpc) is 2.76. The topological polar surface area (TPSA) is 66.9 Å². The van der Waals surface area contributed by atoms with E-state index in [0.29, 0.717) is 10.6 Å². The molecule has 18 heavy (non-hydrogen) atoms. The Morgan fingerprint density at radius 1 is 1.44 bits per heavy atom. The van der Waals surface area contributed by atoms with Gasteiger partial charge in [-0.3, -0.25) is 4.79 Å². The molecule has 0 spiro atoms. The second-order valence-corrected chi connectivity index (χ2v) is 4.63. The Balaban J connectivity index is 2.12. The largest absolute Gasteiger partial charge is 0.321 e. The Labute approximate surface area is 109 Å². The van der Waals surface area contributed by atoms with E-state index in [0.717, 1.165) is 29.3 Å². The number of benzene rings is 1. The number of anilines is 1. The fourth-order valence-corrected chi connectivity index (χ4v) is 2.14. The van der Waals surface area contributed by atoms with Crippen LogP contribution in [0.2, 0.25) is 0 Å². The molecule has 2 N–H and O–H groups in total. The summed E-state index contributed by atoms with van der Waals surface area (Å²) in [5.41, 5.74) is 2.55. The highest BCUT2D eigenvalue weighted by Gasteiger charge is 2.13. The minimum absolute atomic E-state index is 0.163. The number of carbonyl (C=O) groups excluding carboxylic acids is 1. The number of carbonyl (C=O) groups is 1. The Bertz CT molecular complexity index is 553. The molecule has 0 fully saturated rings. The monoisotopic (exact) mass is 262 g/mol. The van der Waals surface area contributed by atoms with Crippen molar-refractivity contribution in [2.45, 2.75) is 13.5 Å². The molecule has 0 bridgehead atoms. The van der Waals surface area contributed by atoms with Gasteiger partial charge in [-0.2, -0.15) is 0 Å². The van der Waals surface area contributed by atoms with Crippen molar-refractivity contribution >= 4 is 23.1 Å². The summed E-state index contributed by atoms with van der Waals surface area (Å²) in [7, 11) is 1.89. The summed E-state index contributed by atoms with van der Waals surface area (Å²) in [6, 6.07) is 7.73. The number of rotatable bonds is 4. The molecule has 2 aromatic rings. The van der Waals surface area contributed by atoms with Crippen LogP contribution in [0.15, 0.2) is 24.3 Å². The highest BCUT2D eigenvalue weighted by molar-refractivity contribution is 7.08. The summed E-state index contributed by atoms with van der Waals surface area (Å²) in [4.78, 5) is 12.5. The standard InChI is InChI=1S/C12H14N4OS/c1-8-11(18-16-15-8)12(17)14-10-5-3-4-9(6-10)7-13-2/h3-6,13H,7H2,1-2H3,(H,14,17). The minimum Gasteiger partial charge on any atom is -0.321 e. The molecule has 1 aromatic heterocycles. The molecule has 0 radical (unpaired) electrons. The van der Waals surface area contributed by atoms with Crippen molar-refractivity contribution in [3.05, 3.63) is 40.4 Å². The molecule has 0 atom stereocenters. The molecular formula is C12H14N4OS. The Morgan fingerprint density at radius 3 is 2.94 bits per heavy atom. The SMILES string of the molecule is CNCc1cccc(NC(=O)c2snnc2C)c1. The van der Waals surface area contributed by atoms with E-state index in [1.807, 2.05) is 31.3 Å². The number of aryl methyl sites for hydroxylation is 1. The molecule has 0 saturated heterocycles. The van der Waals surface area contributed by atoms with Crippen LogP contribution in [-0.4, -0.2) is 22.5 Å². The number of aromatic nitrogens is 2. The van der Waals surface area contributed by atoms with Crippen LogP contribution in [0.1, 0.15) is 20.9 Å². The van der Waals surface area contributed by atoms with Crippen molar-refractivity contribution < 1.29 is 4.79 Å². The first-order valence-corrected chi connectivity index (χ1v) is 6.32. The second kappa shape index (κ2) is 5.70. The van der Waals surface area contributed by atoms with Crippen LogP contribution in [0, 0.1) is 6.92 Å². The van der Waals surface area contributed by atoms with E-state index in [2.05, 4.69) is 20.2 Å². The Kier molecular flexibility index (Phi) is 4.01. The van der Waals surface area contributed by atoms with E-state index < -0.39 is 0 Å². The Morgan fingerprint density at radius 2 is 2.28 bits per heavy atom. The lowest BCUT2D eigenvalue weighted by Gasteiger charge is -2.06. The van der Waals surface area contributed by atoms with E-state index in [1.54, 1.807) is 6.92 Å². The maximum absolute atomic E-state index is 12.0. The molecular weight excluding hydrogens is 248 g/mol. The van der Waals surface area contributed by atoms with Crippen molar-refractivity contribution in [2.75, 3.05) is 12.4 Å². The van der Waals surface area contributed by atoms with Crippen molar-refractivity contribution in [1.29, 1.82) is 0 Å². The second-order valence-electron chi connectivity index (χ2n) is 3.87. The van der Waals surface area contributed by atoms with Gasteiger partial charge in [0.15, 0.2) is 0 Å². The van der Waals surface area contributed by atoms with Gasteiger partial charge in [0.25, 0.3) is 5.91 Å². The van der Waals surface area contributed by atoms with Gasteiger partial charge in [0.2, 0.25) is 0 Å². The first-order valence-electron chi connectivity index (χ1n) is 5.54. The zero-order valence-corrected chi connectivity index (χ0v) is 11.0. The molecule has 6 heteroatoms. The molecule has 5 nitrogen and oxygen atoms in total. The number of amides is 1. The Hall–Kier alpha value is -1.79. The predicted octanol–water partition coefficient (Wildman–Crippen LogP) is 1.82. The average molecular weight is 262 g/mol. The summed E-state index contributed by atoms with van der Waals surface area (Å²) in [6.07, 6.45) is 0. The van der Waals surface area contributed by atoms with E-state index in [1.165, 1.54) is 0 Å². The van der Waals surface area contributed by atoms with E-state index in [-0.39, 0.29) is 5.91 Å². The molecule has 0 unspecified atom stereocenters. The van der Waals surface area contributed by atoms with Crippen LogP contribution in [0.25, 0.3) is 0 Å². The molecule has 0 saturated carbocycles. The van der Waals surface area contributed by atoms with Gasteiger partial charge in [0, 0.05) is 12.2 Å². The molecule has 2 rings (SSSR count). The molecule has 1 aromatic carbocycles. The summed E-state index contributed by atoms with van der Waals surface area (Å²) >= 11 is 1.11. The molecule has 0 aliphatic carbocycles. The van der Waals surface area contributed by atoms with Crippen LogP contribution in [-0.2, 0) is 6.54 Å². The fraction of sp³-hybridized carbons (Fsp3) is 0.250. The normalized spacial score (nSPS) is 10.3. The van der Waals surface area contributed by atoms with Gasteiger partial charge in [0.1, 0.15) is 4.88 Å². The molecule has 1 amide bonds. The van der Waals surface area contributed by atoms with Crippen molar-refractivity contribution in [1.82, 2.24) is 14.9 Å². The molecule has 94 valence electrons. The number of nitrogens with zero attached hydrogens (tertiary/aromatic N) is 2. The van der Waals surface area contributed by atoms with E-state index >= 15 is 0 Å². The van der Waals surface area contributed by atoms with Gasteiger partial charge >= 0.3 is 0 Å². The minimum atomic E-state index is -0.163. The number of hydrogen-bond donors (Lipinski definition) is 2. The first-order chi connectivity index (χ1) is 8.70. The lowest BCUT2D eigenvalue weighted by Crippen LogP contribution is -2.12. The van der Waals surface area contributed by atoms with E-state index in [9.17, 15) is 4.79 Å². The first kappa shape index (κ1) is 12.7. The number of hydrogen-bond acceptors (Lipinski definition) is 5. The van der Waals surface area contributed by atoms with Crippen molar-refractivity contribution in [2.24, 2.45) is 0 Å². The van der Waals surface area contributed by atoms with Gasteiger partial charge in [0.05, 0.1) is 5.69 Å². The van der Waals surface area contributed by atoms with Crippen LogP contribution >= 0.6 is 11.5 Å². The van der Waals surface area contributed by atoms with Gasteiger partial charge in [-0.05, 0) is 43.2 Å². The maximum atomic E-state index is 12.0. The van der Waals surface area contributed by atoms with Gasteiger partial charge in [-0.25, -0.2) is 0 Å². The van der Waals surface area contributed by atoms with Crippen LogP contribution in [0.5, 0.6) is 0 Å². The van der Waals surface area contributed by atoms with Crippen LogP contribution in [0.3, 0.4) is 0 Å². The lowest BCUT2D eigenvalue weighted by molar-refractivity contribution is 0.103. The van der Waals surface area contributed by atoms with Crippen molar-refractivity contribution in [3.8, 4) is 0 Å². The third kappa shape index (κ3) is 2.91. The third-order valence-electron chi connectivity index (χ3n) is 2.42. The maximum Gasteiger partial charge on any atom is 0.269 e. The summed E-state index contributed by atoms with van der Waals surface area (Å²) in [6.45, 7) is 2.54. The van der Waals surface area contributed by atoms with Gasteiger partial charge < -0.3 is 10.6 Å². The highest BCUT2D eigenvalue weighted by atomic mass is 32.1. The lowest BCUT2D eigenvalue weighted by atomic mass is 10.2. The predicted molar refractivity (Wildman–Crippen MR) is 71.8 cm³/mol. The summed E-state index contributed by atoms with van der Waals surface area (Å²) < 4.78 is 3.75. The molecule has 0 aliphatic rings. The van der Waals surface area contributed by atoms with Crippen LogP contribution < -0.4 is 10.6 Å². The summed E-state index contributed by atoms with van der Waals surface area (Å²) in [5.74, 6) is -0.163. The van der Waals surface area contributed by atoms with Crippen LogP contribution in [0.4, 0.5) is 5.69 Å². The fourth-order valence-electron chi connectivity index (χ4n) is 1.59. The van der Waals surface area contributed by atoms with E-state index in [4.69, 9.17) is 0 Å². The third-order valence-corrected chi connectivity index (χ3v) is 3.25. The highest BCUT2D eigenvalue weighted by Crippen LogP contribution is 2.15. The van der Waals surface area contributed by atoms with Gasteiger partial charge in [-0.15, -0.1) is 5.10 Å². The van der Waals surface area contributed by atoms with Crippen molar-refractivity contribution in [3.63, 3.8) is 0 Å². The zero-order chi connectivity index (χ0) is 13.0. The molecule has 0 aliphatic heterocycles.